The van der Waals surface area contributed by atoms with Gasteiger partial charge in [0.2, 0.25) is 5.88 Å². The van der Waals surface area contributed by atoms with Gasteiger partial charge in [-0.3, -0.25) is 4.79 Å². The zero-order valence-corrected chi connectivity index (χ0v) is 12.6. The highest BCUT2D eigenvalue weighted by atomic mass is 79.9. The molecule has 2 rings (SSSR count). The molecule has 5 nitrogen and oxygen atoms in total. The van der Waals surface area contributed by atoms with Gasteiger partial charge in [0.25, 0.3) is 5.91 Å². The summed E-state index contributed by atoms with van der Waals surface area (Å²) in [5.41, 5.74) is 0.493. The van der Waals surface area contributed by atoms with Crippen LogP contribution in [0.4, 0.5) is 0 Å². The lowest BCUT2D eigenvalue weighted by molar-refractivity contribution is -0.0560. The molecule has 1 aromatic rings. The zero-order chi connectivity index (χ0) is 13.8. The smallest absolute Gasteiger partial charge is 0.259 e. The number of nitrogens with zero attached hydrogens (tertiary/aromatic N) is 2. The van der Waals surface area contributed by atoms with Crippen LogP contribution in [-0.2, 0) is 4.74 Å². The zero-order valence-electron chi connectivity index (χ0n) is 11.0. The molecule has 6 heteroatoms. The van der Waals surface area contributed by atoms with Crippen LogP contribution in [0.15, 0.2) is 18.3 Å². The van der Waals surface area contributed by atoms with Crippen LogP contribution in [-0.4, -0.2) is 53.5 Å². The maximum Gasteiger partial charge on any atom is 0.259 e. The van der Waals surface area contributed by atoms with Gasteiger partial charge in [0.05, 0.1) is 19.3 Å². The predicted molar refractivity (Wildman–Crippen MR) is 74.8 cm³/mol. The molecule has 1 amide bonds. The first kappa shape index (κ1) is 14.3. The topological polar surface area (TPSA) is 51.7 Å². The summed E-state index contributed by atoms with van der Waals surface area (Å²) in [6.45, 7) is 3.13. The highest BCUT2D eigenvalue weighted by Gasteiger charge is 2.29. The Morgan fingerprint density at radius 1 is 1.63 bits per heavy atom. The molecule has 19 heavy (non-hydrogen) atoms. The first-order valence-corrected chi connectivity index (χ1v) is 7.27. The van der Waals surface area contributed by atoms with Gasteiger partial charge in [-0.2, -0.15) is 0 Å². The normalized spacial score (nSPS) is 23.2. The molecule has 104 valence electrons. The van der Waals surface area contributed by atoms with Gasteiger partial charge in [0.15, 0.2) is 0 Å². The van der Waals surface area contributed by atoms with Crippen LogP contribution in [0.5, 0.6) is 5.88 Å². The van der Waals surface area contributed by atoms with Gasteiger partial charge in [-0.15, -0.1) is 0 Å². The minimum absolute atomic E-state index is 0.0235. The lowest BCUT2D eigenvalue weighted by Gasteiger charge is -2.36. The largest absolute Gasteiger partial charge is 0.480 e. The van der Waals surface area contributed by atoms with Gasteiger partial charge in [-0.1, -0.05) is 15.9 Å². The van der Waals surface area contributed by atoms with Crippen LogP contribution >= 0.6 is 15.9 Å². The average molecular weight is 329 g/mol. The van der Waals surface area contributed by atoms with Crippen LogP contribution in [0, 0.1) is 0 Å². The Morgan fingerprint density at radius 3 is 3.11 bits per heavy atom. The molecule has 0 aliphatic carbocycles. The summed E-state index contributed by atoms with van der Waals surface area (Å²) in [4.78, 5) is 18.4. The molecule has 0 aromatic carbocycles. The molecule has 0 bridgehead atoms. The number of amides is 1. The van der Waals surface area contributed by atoms with E-state index in [0.29, 0.717) is 29.9 Å². The van der Waals surface area contributed by atoms with Crippen LogP contribution in [0.25, 0.3) is 0 Å². The third-order valence-electron chi connectivity index (χ3n) is 2.98. The maximum absolute atomic E-state index is 12.5. The van der Waals surface area contributed by atoms with Gasteiger partial charge in [-0.25, -0.2) is 4.98 Å². The van der Waals surface area contributed by atoms with Crippen molar-refractivity contribution in [2.45, 2.75) is 19.1 Å². The van der Waals surface area contributed by atoms with E-state index in [1.54, 1.807) is 23.2 Å². The highest BCUT2D eigenvalue weighted by molar-refractivity contribution is 9.09. The molecular formula is C13H17BrN2O3. The Labute approximate surface area is 121 Å². The molecule has 2 heterocycles. The first-order chi connectivity index (χ1) is 9.15. The molecule has 0 saturated carbocycles. The van der Waals surface area contributed by atoms with E-state index < -0.39 is 0 Å². The summed E-state index contributed by atoms with van der Waals surface area (Å²) in [6.07, 6.45) is 1.66. The molecule has 2 atom stereocenters. The minimum atomic E-state index is -0.0638. The van der Waals surface area contributed by atoms with Gasteiger partial charge < -0.3 is 14.4 Å². The van der Waals surface area contributed by atoms with E-state index in [-0.39, 0.29) is 18.1 Å². The number of ether oxygens (including phenoxy) is 2. The number of carbonyl (C=O) groups excluding carboxylic acids is 1. The number of hydrogen-bond donors (Lipinski definition) is 0. The summed E-state index contributed by atoms with van der Waals surface area (Å²) < 4.78 is 10.9. The Morgan fingerprint density at radius 2 is 2.42 bits per heavy atom. The molecule has 2 unspecified atom stereocenters. The SMILES string of the molecule is COc1ncccc1C(=O)N1CC(C)OC(CBr)C1. The number of pyridine rings is 1. The molecule has 1 aromatic heterocycles. The number of aromatic nitrogens is 1. The third-order valence-corrected chi connectivity index (χ3v) is 3.70. The lowest BCUT2D eigenvalue weighted by Crippen LogP contribution is -2.49. The van der Waals surface area contributed by atoms with Crippen LogP contribution < -0.4 is 4.74 Å². The van der Waals surface area contributed by atoms with Crippen molar-refractivity contribution >= 4 is 21.8 Å². The number of hydrogen-bond acceptors (Lipinski definition) is 4. The molecule has 0 spiro atoms. The molecular weight excluding hydrogens is 312 g/mol. The van der Waals surface area contributed by atoms with Gasteiger partial charge >= 0.3 is 0 Å². The number of rotatable bonds is 3. The Kier molecular flexibility index (Phi) is 4.76. The molecule has 1 fully saturated rings. The van der Waals surface area contributed by atoms with Crippen molar-refractivity contribution in [3.63, 3.8) is 0 Å². The van der Waals surface area contributed by atoms with E-state index in [2.05, 4.69) is 20.9 Å². The number of methoxy groups -OCH3 is 1. The van der Waals surface area contributed by atoms with Crippen molar-refractivity contribution in [2.24, 2.45) is 0 Å². The summed E-state index contributed by atoms with van der Waals surface area (Å²) in [7, 11) is 1.52. The second-order valence-corrected chi connectivity index (χ2v) is 5.14. The van der Waals surface area contributed by atoms with Crippen molar-refractivity contribution in [3.8, 4) is 5.88 Å². The van der Waals surface area contributed by atoms with E-state index in [4.69, 9.17) is 9.47 Å². The maximum atomic E-state index is 12.5. The van der Waals surface area contributed by atoms with Gasteiger partial charge in [0.1, 0.15) is 5.56 Å². The van der Waals surface area contributed by atoms with Crippen molar-refractivity contribution in [3.05, 3.63) is 23.9 Å². The molecule has 0 N–H and O–H groups in total. The Hall–Kier alpha value is -1.14. The van der Waals surface area contributed by atoms with E-state index in [1.165, 1.54) is 7.11 Å². The molecule has 1 saturated heterocycles. The van der Waals surface area contributed by atoms with Gasteiger partial charge in [0, 0.05) is 24.6 Å². The van der Waals surface area contributed by atoms with Crippen LogP contribution in [0.3, 0.4) is 0 Å². The monoisotopic (exact) mass is 328 g/mol. The number of morpholine rings is 1. The number of halogens is 1. The van der Waals surface area contributed by atoms with Crippen LogP contribution in [0.2, 0.25) is 0 Å². The summed E-state index contributed by atoms with van der Waals surface area (Å²) in [5.74, 6) is 0.299. The van der Waals surface area contributed by atoms with E-state index in [1.807, 2.05) is 6.92 Å². The predicted octanol–water partition coefficient (Wildman–Crippen LogP) is 1.71. The van der Waals surface area contributed by atoms with E-state index in [0.717, 1.165) is 0 Å². The lowest BCUT2D eigenvalue weighted by atomic mass is 10.2. The summed E-state index contributed by atoms with van der Waals surface area (Å²) >= 11 is 3.40. The Balaban J connectivity index is 2.18. The van der Waals surface area contributed by atoms with Crippen molar-refractivity contribution in [1.82, 2.24) is 9.88 Å². The van der Waals surface area contributed by atoms with Crippen molar-refractivity contribution in [2.75, 3.05) is 25.5 Å². The summed E-state index contributed by atoms with van der Waals surface area (Å²) in [5, 5.41) is 0.714. The second-order valence-electron chi connectivity index (χ2n) is 4.49. The Bertz CT molecular complexity index is 455. The third kappa shape index (κ3) is 3.25. The van der Waals surface area contributed by atoms with E-state index >= 15 is 0 Å². The quantitative estimate of drug-likeness (QED) is 0.793. The highest BCUT2D eigenvalue weighted by Crippen LogP contribution is 2.20. The standard InChI is InChI=1S/C13H17BrN2O3/c1-9-7-16(8-10(6-14)19-9)13(17)11-4-3-5-15-12(11)18-2/h3-5,9-10H,6-8H2,1-2H3. The molecule has 0 radical (unpaired) electrons. The fraction of sp³-hybridized carbons (Fsp3) is 0.538. The minimum Gasteiger partial charge on any atom is -0.480 e. The summed E-state index contributed by atoms with van der Waals surface area (Å²) in [6, 6.07) is 3.47. The van der Waals surface area contributed by atoms with Crippen molar-refractivity contribution in [1.29, 1.82) is 0 Å². The number of alkyl halides is 1. The fourth-order valence-electron chi connectivity index (χ4n) is 2.18. The fourth-order valence-corrected chi connectivity index (χ4v) is 2.54. The van der Waals surface area contributed by atoms with Crippen LogP contribution in [0.1, 0.15) is 17.3 Å². The van der Waals surface area contributed by atoms with Crippen molar-refractivity contribution < 1.29 is 14.3 Å². The second kappa shape index (κ2) is 6.34. The van der Waals surface area contributed by atoms with Gasteiger partial charge in [-0.05, 0) is 19.1 Å². The van der Waals surface area contributed by atoms with E-state index in [9.17, 15) is 4.79 Å². The number of carbonyl (C=O) groups is 1. The molecule has 1 aliphatic heterocycles. The average Bonchev–Trinajstić information content (AvgIpc) is 2.45. The first-order valence-electron chi connectivity index (χ1n) is 6.15. The molecule has 1 aliphatic rings.